The number of aliphatic hydroxyl groups excluding tert-OH is 2. The van der Waals surface area contributed by atoms with Crippen molar-refractivity contribution in [2.45, 2.75) is 32.2 Å². The van der Waals surface area contributed by atoms with E-state index in [1.54, 1.807) is 6.92 Å². The van der Waals surface area contributed by atoms with Gasteiger partial charge in [-0.05, 0) is 54.3 Å². The lowest BCUT2D eigenvalue weighted by Crippen LogP contribution is -2.45. The number of halogens is 1. The van der Waals surface area contributed by atoms with E-state index in [1.165, 1.54) is 5.56 Å². The van der Waals surface area contributed by atoms with E-state index in [9.17, 15) is 10.2 Å². The number of nitrogens with one attached hydrogen (secondary N) is 2. The molecule has 174 valence electrons. The molecule has 0 amide bonds. The number of aromatic amines is 1. The molecule has 2 atom stereocenters. The number of H-pyrrole nitrogens is 1. The summed E-state index contributed by atoms with van der Waals surface area (Å²) in [7, 11) is 0. The quantitative estimate of drug-likeness (QED) is 0.309. The summed E-state index contributed by atoms with van der Waals surface area (Å²) in [6, 6.07) is 22.0. The Morgan fingerprint density at radius 3 is 2.68 bits per heavy atom. The monoisotopic (exact) mass is 474 g/mol. The second-order valence-electron chi connectivity index (χ2n) is 8.65. The highest BCUT2D eigenvalue weighted by atomic mass is 35.5. The van der Waals surface area contributed by atoms with Crippen LogP contribution >= 0.6 is 11.6 Å². The second-order valence-corrected chi connectivity index (χ2v) is 9.06. The number of anilines is 2. The van der Waals surface area contributed by atoms with Crippen LogP contribution in [0.3, 0.4) is 0 Å². The first-order valence-corrected chi connectivity index (χ1v) is 11.8. The number of rotatable bonds is 6. The molecule has 4 N–H and O–H groups in total. The summed E-state index contributed by atoms with van der Waals surface area (Å²) in [6.45, 7) is 2.88. The van der Waals surface area contributed by atoms with E-state index in [0.717, 1.165) is 40.2 Å². The fraction of sp³-hybridized carbons (Fsp3) is 0.222. The summed E-state index contributed by atoms with van der Waals surface area (Å²) in [5.41, 5.74) is 7.13. The Kier molecular flexibility index (Phi) is 6.39. The molecule has 5 rings (SSSR count). The molecule has 0 radical (unpaired) electrons. The minimum absolute atomic E-state index is 0.595. The SMILES string of the molecule is CC(O)C(O)N1CCc2c(cccc2Nc2ccc(Cl)c(-c3ncc(-c4ccccc4)[nH]3)c2)C1. The third-order valence-electron chi connectivity index (χ3n) is 6.26. The lowest BCUT2D eigenvalue weighted by Gasteiger charge is -2.34. The van der Waals surface area contributed by atoms with Gasteiger partial charge in [-0.1, -0.05) is 54.1 Å². The number of aromatic nitrogens is 2. The van der Waals surface area contributed by atoms with Gasteiger partial charge < -0.3 is 20.5 Å². The van der Waals surface area contributed by atoms with Gasteiger partial charge >= 0.3 is 0 Å². The Labute approximate surface area is 203 Å². The maximum Gasteiger partial charge on any atom is 0.139 e. The Hall–Kier alpha value is -3.16. The smallest absolute Gasteiger partial charge is 0.139 e. The average molecular weight is 475 g/mol. The molecule has 1 aromatic heterocycles. The first-order chi connectivity index (χ1) is 16.5. The maximum absolute atomic E-state index is 10.3. The molecular weight excluding hydrogens is 448 g/mol. The topological polar surface area (TPSA) is 84.4 Å². The average Bonchev–Trinajstić information content (AvgIpc) is 3.35. The van der Waals surface area contributed by atoms with E-state index in [4.69, 9.17) is 11.6 Å². The fourth-order valence-corrected chi connectivity index (χ4v) is 4.65. The minimum Gasteiger partial charge on any atom is -0.389 e. The van der Waals surface area contributed by atoms with E-state index in [2.05, 4.69) is 27.4 Å². The fourth-order valence-electron chi connectivity index (χ4n) is 4.44. The molecule has 4 aromatic rings. The number of benzene rings is 3. The molecule has 0 spiro atoms. The van der Waals surface area contributed by atoms with Crippen molar-refractivity contribution in [3.8, 4) is 22.6 Å². The Morgan fingerprint density at radius 2 is 1.88 bits per heavy atom. The summed E-state index contributed by atoms with van der Waals surface area (Å²) in [4.78, 5) is 9.84. The highest BCUT2D eigenvalue weighted by Crippen LogP contribution is 2.34. The van der Waals surface area contributed by atoms with Crippen molar-refractivity contribution in [2.24, 2.45) is 0 Å². The number of nitrogens with zero attached hydrogens (tertiary/aromatic N) is 2. The summed E-state index contributed by atoms with van der Waals surface area (Å²) < 4.78 is 0. The standard InChI is InChI=1S/C27H27ClN4O2/c1-17(33)27(34)32-13-12-21-19(16-32)8-5-9-24(21)30-20-10-11-23(28)22(14-20)26-29-15-25(31-26)18-6-3-2-4-7-18/h2-11,14-15,17,27,30,33-34H,12-13,16H2,1H3,(H,29,31). The molecule has 1 aliphatic heterocycles. The van der Waals surface area contributed by atoms with Crippen molar-refractivity contribution >= 4 is 23.0 Å². The van der Waals surface area contributed by atoms with Crippen LogP contribution in [0.2, 0.25) is 5.02 Å². The van der Waals surface area contributed by atoms with E-state index >= 15 is 0 Å². The molecule has 7 heteroatoms. The van der Waals surface area contributed by atoms with Crippen LogP contribution in [0.4, 0.5) is 11.4 Å². The largest absolute Gasteiger partial charge is 0.389 e. The number of hydrogen-bond acceptors (Lipinski definition) is 5. The number of aliphatic hydroxyl groups is 2. The van der Waals surface area contributed by atoms with E-state index in [-0.39, 0.29) is 0 Å². The Bertz CT molecular complexity index is 1290. The lowest BCUT2D eigenvalue weighted by atomic mass is 9.97. The van der Waals surface area contributed by atoms with E-state index in [0.29, 0.717) is 23.9 Å². The van der Waals surface area contributed by atoms with Gasteiger partial charge in [-0.25, -0.2) is 4.98 Å². The van der Waals surface area contributed by atoms with Crippen LogP contribution in [0.25, 0.3) is 22.6 Å². The Balaban J connectivity index is 1.40. The van der Waals surface area contributed by atoms with E-state index < -0.39 is 12.3 Å². The van der Waals surface area contributed by atoms with Gasteiger partial charge in [0.05, 0.1) is 23.0 Å². The highest BCUT2D eigenvalue weighted by Gasteiger charge is 2.26. The molecule has 0 saturated carbocycles. The molecule has 0 aliphatic carbocycles. The third kappa shape index (κ3) is 4.58. The second kappa shape index (κ2) is 9.60. The van der Waals surface area contributed by atoms with Crippen molar-refractivity contribution < 1.29 is 10.2 Å². The molecule has 2 heterocycles. The highest BCUT2D eigenvalue weighted by molar-refractivity contribution is 6.33. The summed E-state index contributed by atoms with van der Waals surface area (Å²) in [5.74, 6) is 0.713. The van der Waals surface area contributed by atoms with Crippen molar-refractivity contribution in [2.75, 3.05) is 11.9 Å². The lowest BCUT2D eigenvalue weighted by molar-refractivity contribution is -0.0817. The van der Waals surface area contributed by atoms with Gasteiger partial charge in [0, 0.05) is 30.0 Å². The number of fused-ring (bicyclic) bond motifs is 1. The van der Waals surface area contributed by atoms with Crippen LogP contribution in [0.15, 0.2) is 72.9 Å². The normalized spacial score (nSPS) is 15.5. The molecule has 2 unspecified atom stereocenters. The zero-order chi connectivity index (χ0) is 23.7. The first kappa shape index (κ1) is 22.6. The van der Waals surface area contributed by atoms with Crippen molar-refractivity contribution in [1.29, 1.82) is 0 Å². The molecule has 3 aromatic carbocycles. The van der Waals surface area contributed by atoms with Gasteiger partial charge in [-0.15, -0.1) is 0 Å². The van der Waals surface area contributed by atoms with Gasteiger partial charge in [-0.2, -0.15) is 0 Å². The van der Waals surface area contributed by atoms with Gasteiger partial charge in [0.1, 0.15) is 12.1 Å². The van der Waals surface area contributed by atoms with Crippen LogP contribution in [-0.4, -0.2) is 44.0 Å². The minimum atomic E-state index is -0.863. The van der Waals surface area contributed by atoms with Crippen LogP contribution in [0.1, 0.15) is 18.1 Å². The van der Waals surface area contributed by atoms with Crippen LogP contribution in [0, 0.1) is 0 Å². The summed E-state index contributed by atoms with van der Waals surface area (Å²) >= 11 is 6.54. The van der Waals surface area contributed by atoms with Crippen LogP contribution in [-0.2, 0) is 13.0 Å². The molecule has 34 heavy (non-hydrogen) atoms. The van der Waals surface area contributed by atoms with E-state index in [1.807, 2.05) is 65.7 Å². The molecule has 0 fully saturated rings. The van der Waals surface area contributed by atoms with Gasteiger partial charge in [0.2, 0.25) is 0 Å². The number of hydrogen-bond donors (Lipinski definition) is 4. The van der Waals surface area contributed by atoms with Crippen LogP contribution < -0.4 is 5.32 Å². The molecule has 6 nitrogen and oxygen atoms in total. The molecule has 0 saturated heterocycles. The van der Waals surface area contributed by atoms with Crippen molar-refractivity contribution in [3.63, 3.8) is 0 Å². The molecule has 1 aliphatic rings. The number of imidazole rings is 1. The van der Waals surface area contributed by atoms with Gasteiger partial charge in [0.15, 0.2) is 0 Å². The third-order valence-corrected chi connectivity index (χ3v) is 6.59. The zero-order valence-corrected chi connectivity index (χ0v) is 19.6. The van der Waals surface area contributed by atoms with Gasteiger partial charge in [-0.3, -0.25) is 4.90 Å². The Morgan fingerprint density at radius 1 is 1.06 bits per heavy atom. The molecular formula is C27H27ClN4O2. The van der Waals surface area contributed by atoms with Crippen LogP contribution in [0.5, 0.6) is 0 Å². The summed E-state index contributed by atoms with van der Waals surface area (Å²) in [5, 5.41) is 24.2. The predicted molar refractivity (Wildman–Crippen MR) is 136 cm³/mol. The zero-order valence-electron chi connectivity index (χ0n) is 18.9. The molecule has 0 bridgehead atoms. The van der Waals surface area contributed by atoms with Crippen molar-refractivity contribution in [3.05, 3.63) is 89.1 Å². The predicted octanol–water partition coefficient (Wildman–Crippen LogP) is 5.20. The van der Waals surface area contributed by atoms with Gasteiger partial charge in [0.25, 0.3) is 0 Å². The maximum atomic E-state index is 10.3. The van der Waals surface area contributed by atoms with Crippen molar-refractivity contribution in [1.82, 2.24) is 14.9 Å². The first-order valence-electron chi connectivity index (χ1n) is 11.4. The summed E-state index contributed by atoms with van der Waals surface area (Å²) in [6.07, 6.45) is 0.945.